The Hall–Kier alpha value is -1.56. The third kappa shape index (κ3) is 2.80. The molecule has 0 aliphatic carbocycles. The van der Waals surface area contributed by atoms with Gasteiger partial charge in [-0.1, -0.05) is 23.2 Å². The predicted octanol–water partition coefficient (Wildman–Crippen LogP) is 3.63. The molecule has 1 amide bonds. The topological polar surface area (TPSA) is 46.4 Å². The minimum atomic E-state index is -0.231. The molecule has 0 saturated carbocycles. The van der Waals surface area contributed by atoms with E-state index in [1.54, 1.807) is 29.5 Å². The SMILES string of the molecule is O=C(NCc1cn2ccsc2n1)c1cc(Cl)cc(Cl)c1. The van der Waals surface area contributed by atoms with Crippen LogP contribution in [-0.2, 0) is 6.54 Å². The van der Waals surface area contributed by atoms with Crippen LogP contribution in [0.25, 0.3) is 4.96 Å². The number of hydrogen-bond acceptors (Lipinski definition) is 3. The van der Waals surface area contributed by atoms with Crippen molar-refractivity contribution in [1.82, 2.24) is 14.7 Å². The highest BCUT2D eigenvalue weighted by Crippen LogP contribution is 2.19. The van der Waals surface area contributed by atoms with E-state index < -0.39 is 0 Å². The first-order chi connectivity index (χ1) is 9.61. The van der Waals surface area contributed by atoms with Gasteiger partial charge >= 0.3 is 0 Å². The summed E-state index contributed by atoms with van der Waals surface area (Å²) in [6.45, 7) is 0.358. The van der Waals surface area contributed by atoms with Crippen LogP contribution in [0.2, 0.25) is 10.0 Å². The second-order valence-corrected chi connectivity index (χ2v) is 5.91. The summed E-state index contributed by atoms with van der Waals surface area (Å²) in [5.41, 5.74) is 1.24. The molecule has 3 aromatic rings. The average molecular weight is 326 g/mol. The highest BCUT2D eigenvalue weighted by atomic mass is 35.5. The molecule has 0 saturated heterocycles. The second-order valence-electron chi connectivity index (χ2n) is 4.17. The second kappa shape index (κ2) is 5.44. The number of benzene rings is 1. The molecule has 3 rings (SSSR count). The number of halogens is 2. The summed E-state index contributed by atoms with van der Waals surface area (Å²) >= 11 is 13.3. The van der Waals surface area contributed by atoms with Gasteiger partial charge in [0.15, 0.2) is 4.96 Å². The quantitative estimate of drug-likeness (QED) is 0.799. The van der Waals surface area contributed by atoms with Gasteiger partial charge in [-0.2, -0.15) is 0 Å². The third-order valence-corrected chi connectivity index (χ3v) is 3.91. The molecule has 0 bridgehead atoms. The van der Waals surface area contributed by atoms with Crippen molar-refractivity contribution in [2.75, 3.05) is 0 Å². The summed E-state index contributed by atoms with van der Waals surface area (Å²) in [4.78, 5) is 17.3. The Morgan fingerprint density at radius 2 is 2.05 bits per heavy atom. The van der Waals surface area contributed by atoms with Crippen LogP contribution >= 0.6 is 34.5 Å². The molecular formula is C13H9Cl2N3OS. The molecule has 2 aromatic heterocycles. The van der Waals surface area contributed by atoms with Crippen molar-refractivity contribution in [1.29, 1.82) is 0 Å². The molecule has 0 spiro atoms. The molecule has 0 radical (unpaired) electrons. The van der Waals surface area contributed by atoms with Crippen molar-refractivity contribution in [3.8, 4) is 0 Å². The lowest BCUT2D eigenvalue weighted by atomic mass is 10.2. The number of fused-ring (bicyclic) bond motifs is 1. The lowest BCUT2D eigenvalue weighted by Crippen LogP contribution is -2.22. The Kier molecular flexibility index (Phi) is 3.65. The van der Waals surface area contributed by atoms with Crippen LogP contribution in [0.15, 0.2) is 36.0 Å². The van der Waals surface area contributed by atoms with Crippen LogP contribution in [0.1, 0.15) is 16.1 Å². The first-order valence-corrected chi connectivity index (χ1v) is 7.41. The zero-order valence-electron chi connectivity index (χ0n) is 10.1. The van der Waals surface area contributed by atoms with Crippen molar-refractivity contribution in [3.05, 3.63) is 57.3 Å². The smallest absolute Gasteiger partial charge is 0.251 e. The molecular weight excluding hydrogens is 317 g/mol. The van der Waals surface area contributed by atoms with Gasteiger partial charge in [0.1, 0.15) is 0 Å². The summed E-state index contributed by atoms with van der Waals surface area (Å²) in [5.74, 6) is -0.231. The Balaban J connectivity index is 1.71. The summed E-state index contributed by atoms with van der Waals surface area (Å²) < 4.78 is 1.92. The monoisotopic (exact) mass is 325 g/mol. The number of carbonyl (C=O) groups is 1. The van der Waals surface area contributed by atoms with E-state index in [0.717, 1.165) is 10.7 Å². The van der Waals surface area contributed by atoms with Gasteiger partial charge in [-0.3, -0.25) is 9.20 Å². The molecule has 0 aliphatic rings. The van der Waals surface area contributed by atoms with Crippen molar-refractivity contribution < 1.29 is 4.79 Å². The first-order valence-electron chi connectivity index (χ1n) is 5.77. The standard InChI is InChI=1S/C13H9Cl2N3OS/c14-9-3-8(4-10(15)5-9)12(19)16-6-11-7-18-1-2-20-13(18)17-11/h1-5,7H,6H2,(H,16,19). The van der Waals surface area contributed by atoms with E-state index in [1.165, 1.54) is 0 Å². The van der Waals surface area contributed by atoms with E-state index >= 15 is 0 Å². The molecule has 0 atom stereocenters. The van der Waals surface area contributed by atoms with Crippen LogP contribution in [-0.4, -0.2) is 15.3 Å². The van der Waals surface area contributed by atoms with E-state index in [4.69, 9.17) is 23.2 Å². The summed E-state index contributed by atoms with van der Waals surface area (Å²) in [7, 11) is 0. The average Bonchev–Trinajstić information content (AvgIpc) is 2.95. The number of thiazole rings is 1. The summed E-state index contributed by atoms with van der Waals surface area (Å²) in [5, 5.41) is 5.62. The number of carbonyl (C=O) groups excluding carboxylic acids is 1. The predicted molar refractivity (Wildman–Crippen MR) is 80.7 cm³/mol. The number of nitrogens with one attached hydrogen (secondary N) is 1. The molecule has 20 heavy (non-hydrogen) atoms. The lowest BCUT2D eigenvalue weighted by molar-refractivity contribution is 0.0950. The van der Waals surface area contributed by atoms with Crippen molar-refractivity contribution in [2.45, 2.75) is 6.54 Å². The van der Waals surface area contributed by atoms with Crippen molar-refractivity contribution >= 4 is 45.4 Å². The fourth-order valence-corrected chi connectivity index (χ4v) is 3.06. The number of nitrogens with zero attached hydrogens (tertiary/aromatic N) is 2. The molecule has 7 heteroatoms. The number of amides is 1. The molecule has 0 aliphatic heterocycles. The molecule has 0 unspecified atom stereocenters. The Morgan fingerprint density at radius 1 is 1.30 bits per heavy atom. The minimum absolute atomic E-state index is 0.231. The maximum atomic E-state index is 12.0. The maximum Gasteiger partial charge on any atom is 0.251 e. The highest BCUT2D eigenvalue weighted by Gasteiger charge is 2.09. The zero-order chi connectivity index (χ0) is 14.1. The number of rotatable bonds is 3. The van der Waals surface area contributed by atoms with E-state index in [0.29, 0.717) is 22.2 Å². The summed E-state index contributed by atoms with van der Waals surface area (Å²) in [6, 6.07) is 4.74. The molecule has 102 valence electrons. The highest BCUT2D eigenvalue weighted by molar-refractivity contribution is 7.15. The van der Waals surface area contributed by atoms with Gasteiger partial charge in [0, 0.05) is 33.4 Å². The Bertz CT molecular complexity index is 732. The number of imidazole rings is 1. The van der Waals surface area contributed by atoms with Crippen molar-refractivity contribution in [2.24, 2.45) is 0 Å². The summed E-state index contributed by atoms with van der Waals surface area (Å²) in [6.07, 6.45) is 3.81. The van der Waals surface area contributed by atoms with Gasteiger partial charge in [-0.15, -0.1) is 11.3 Å². The number of aromatic nitrogens is 2. The van der Waals surface area contributed by atoms with Crippen LogP contribution in [0.3, 0.4) is 0 Å². The van der Waals surface area contributed by atoms with Gasteiger partial charge in [0.25, 0.3) is 5.91 Å². The third-order valence-electron chi connectivity index (χ3n) is 2.70. The normalized spacial score (nSPS) is 10.9. The Morgan fingerprint density at radius 3 is 2.75 bits per heavy atom. The largest absolute Gasteiger partial charge is 0.346 e. The first kappa shape index (κ1) is 13.4. The van der Waals surface area contributed by atoms with Crippen LogP contribution in [0, 0.1) is 0 Å². The van der Waals surface area contributed by atoms with Gasteiger partial charge in [0.2, 0.25) is 0 Å². The van der Waals surface area contributed by atoms with Crippen LogP contribution < -0.4 is 5.32 Å². The fourth-order valence-electron chi connectivity index (χ4n) is 1.82. The molecule has 4 nitrogen and oxygen atoms in total. The van der Waals surface area contributed by atoms with Gasteiger partial charge in [0.05, 0.1) is 12.2 Å². The molecule has 1 N–H and O–H groups in total. The fraction of sp³-hybridized carbons (Fsp3) is 0.0769. The van der Waals surface area contributed by atoms with E-state index in [1.807, 2.05) is 22.2 Å². The Labute approximate surface area is 129 Å². The zero-order valence-corrected chi connectivity index (χ0v) is 12.5. The van der Waals surface area contributed by atoms with Gasteiger partial charge < -0.3 is 5.32 Å². The van der Waals surface area contributed by atoms with Crippen LogP contribution in [0.4, 0.5) is 0 Å². The molecule has 2 heterocycles. The van der Waals surface area contributed by atoms with E-state index in [2.05, 4.69) is 10.3 Å². The minimum Gasteiger partial charge on any atom is -0.346 e. The van der Waals surface area contributed by atoms with E-state index in [9.17, 15) is 4.79 Å². The maximum absolute atomic E-state index is 12.0. The van der Waals surface area contributed by atoms with Crippen molar-refractivity contribution in [3.63, 3.8) is 0 Å². The van der Waals surface area contributed by atoms with Crippen LogP contribution in [0.5, 0.6) is 0 Å². The lowest BCUT2D eigenvalue weighted by Gasteiger charge is -2.04. The number of hydrogen-bond donors (Lipinski definition) is 1. The van der Waals surface area contributed by atoms with Gasteiger partial charge in [-0.05, 0) is 18.2 Å². The molecule has 1 aromatic carbocycles. The van der Waals surface area contributed by atoms with Gasteiger partial charge in [-0.25, -0.2) is 4.98 Å². The molecule has 0 fully saturated rings. The van der Waals surface area contributed by atoms with E-state index in [-0.39, 0.29) is 5.91 Å².